The first-order valence-corrected chi connectivity index (χ1v) is 8.35. The Morgan fingerprint density at radius 2 is 1.83 bits per heavy atom. The lowest BCUT2D eigenvalue weighted by atomic mass is 10.1. The van der Waals surface area contributed by atoms with E-state index in [0.717, 1.165) is 31.6 Å². The Labute approximate surface area is 151 Å². The van der Waals surface area contributed by atoms with Crippen LogP contribution in [-0.4, -0.2) is 14.4 Å². The molecule has 4 nitrogen and oxygen atoms in total. The number of fused-ring (bicyclic) bond motifs is 1. The molecule has 0 saturated carbocycles. The number of pyridine rings is 1. The van der Waals surface area contributed by atoms with Crippen molar-refractivity contribution in [3.63, 3.8) is 0 Å². The molecule has 3 aromatic heterocycles. The molecule has 4 aromatic rings. The van der Waals surface area contributed by atoms with Gasteiger partial charge in [-0.1, -0.05) is 0 Å². The van der Waals surface area contributed by atoms with E-state index in [1.165, 1.54) is 12.1 Å². The second-order valence-electron chi connectivity index (χ2n) is 5.36. The van der Waals surface area contributed by atoms with Crippen LogP contribution in [-0.2, 0) is 0 Å². The molecule has 6 heteroatoms. The Bertz CT molecular complexity index is 1040. The van der Waals surface area contributed by atoms with Gasteiger partial charge < -0.3 is 10.1 Å². The summed E-state index contributed by atoms with van der Waals surface area (Å²) in [4.78, 5) is 8.64. The summed E-state index contributed by atoms with van der Waals surface area (Å²) in [7, 11) is 0. The van der Waals surface area contributed by atoms with Crippen LogP contribution in [0.3, 0.4) is 0 Å². The minimum atomic E-state index is -0.260. The molecule has 0 amide bonds. The van der Waals surface area contributed by atoms with Crippen molar-refractivity contribution in [2.45, 2.75) is 0 Å². The largest absolute Gasteiger partial charge is 0.383 e. The van der Waals surface area contributed by atoms with Gasteiger partial charge in [-0.25, -0.2) is 9.37 Å². The summed E-state index contributed by atoms with van der Waals surface area (Å²) < 4.78 is 16.2. The summed E-state index contributed by atoms with van der Waals surface area (Å²) in [6.45, 7) is 0. The fourth-order valence-electron chi connectivity index (χ4n) is 2.65. The Hall–Kier alpha value is -2.48. The highest BCUT2D eigenvalue weighted by Crippen LogP contribution is 2.32. The van der Waals surface area contributed by atoms with Gasteiger partial charge in [-0.3, -0.25) is 4.98 Å². The number of anilines is 1. The molecule has 0 aliphatic carbocycles. The maximum absolute atomic E-state index is 13.1. The lowest BCUT2D eigenvalue weighted by Crippen LogP contribution is -1.95. The van der Waals surface area contributed by atoms with Gasteiger partial charge in [-0.15, -0.1) is 0 Å². The number of aromatic nitrogens is 3. The van der Waals surface area contributed by atoms with Crippen molar-refractivity contribution in [1.29, 1.82) is 0 Å². The molecule has 0 atom stereocenters. The maximum Gasteiger partial charge on any atom is 0.131 e. The quantitative estimate of drug-likeness (QED) is 0.480. The van der Waals surface area contributed by atoms with E-state index in [4.69, 9.17) is 5.73 Å². The average molecular weight is 430 g/mol. The first-order chi connectivity index (χ1) is 11.6. The van der Waals surface area contributed by atoms with Gasteiger partial charge in [0, 0.05) is 29.1 Å². The minimum Gasteiger partial charge on any atom is -0.383 e. The first kappa shape index (κ1) is 15.1. The second kappa shape index (κ2) is 5.86. The molecular weight excluding hydrogens is 418 g/mol. The monoisotopic (exact) mass is 430 g/mol. The summed E-state index contributed by atoms with van der Waals surface area (Å²) in [6.07, 6.45) is 5.42. The number of rotatable bonds is 2. The molecule has 0 fully saturated rings. The third-order valence-electron chi connectivity index (χ3n) is 3.86. The summed E-state index contributed by atoms with van der Waals surface area (Å²) in [5, 5.41) is 0. The van der Waals surface area contributed by atoms with Crippen molar-refractivity contribution < 1.29 is 4.39 Å². The lowest BCUT2D eigenvalue weighted by molar-refractivity contribution is 0.628. The van der Waals surface area contributed by atoms with Gasteiger partial charge in [0.15, 0.2) is 0 Å². The number of hydrogen-bond acceptors (Lipinski definition) is 3. The fraction of sp³-hybridized carbons (Fsp3) is 0. The minimum absolute atomic E-state index is 0.260. The zero-order valence-electron chi connectivity index (χ0n) is 12.4. The normalized spacial score (nSPS) is 11.1. The molecule has 0 unspecified atom stereocenters. The van der Waals surface area contributed by atoms with E-state index in [0.29, 0.717) is 5.82 Å². The van der Waals surface area contributed by atoms with Gasteiger partial charge >= 0.3 is 0 Å². The zero-order valence-corrected chi connectivity index (χ0v) is 14.6. The average Bonchev–Trinajstić information content (AvgIpc) is 2.92. The number of benzene rings is 1. The van der Waals surface area contributed by atoms with Gasteiger partial charge in [-0.05, 0) is 65.1 Å². The standard InChI is InChI=1S/C18H12FIN4/c19-12-5-3-11(4-6-12)16-10-24-13(9-23-16)8-15(17(24)20)14-2-1-7-22-18(14)21/h1-10H,(H2,21,22). The fourth-order valence-corrected chi connectivity index (χ4v) is 3.51. The van der Waals surface area contributed by atoms with E-state index < -0.39 is 0 Å². The van der Waals surface area contributed by atoms with Gasteiger partial charge in [0.05, 0.1) is 21.1 Å². The summed E-state index contributed by atoms with van der Waals surface area (Å²) in [6, 6.07) is 12.2. The van der Waals surface area contributed by atoms with Gasteiger partial charge in [-0.2, -0.15) is 0 Å². The van der Waals surface area contributed by atoms with E-state index >= 15 is 0 Å². The number of halogens is 2. The number of nitrogens with zero attached hydrogens (tertiary/aromatic N) is 3. The summed E-state index contributed by atoms with van der Waals surface area (Å²) in [5.74, 6) is 0.239. The predicted octanol–water partition coefficient (Wildman–Crippen LogP) is 4.39. The smallest absolute Gasteiger partial charge is 0.131 e. The number of nitrogens with two attached hydrogens (primary N) is 1. The van der Waals surface area contributed by atoms with Crippen molar-refractivity contribution in [2.24, 2.45) is 0 Å². The van der Waals surface area contributed by atoms with Gasteiger partial charge in [0.1, 0.15) is 11.6 Å². The molecule has 0 radical (unpaired) electrons. The third kappa shape index (κ3) is 2.52. The van der Waals surface area contributed by atoms with E-state index in [1.54, 1.807) is 24.5 Å². The Kier molecular flexibility index (Phi) is 3.68. The SMILES string of the molecule is Nc1ncccc1-c1cc2cnc(-c3ccc(F)cc3)cn2c1I. The van der Waals surface area contributed by atoms with Crippen molar-refractivity contribution in [3.05, 3.63) is 70.6 Å². The van der Waals surface area contributed by atoms with E-state index in [1.807, 2.05) is 28.8 Å². The predicted molar refractivity (Wildman–Crippen MR) is 101 cm³/mol. The highest BCUT2D eigenvalue weighted by atomic mass is 127. The summed E-state index contributed by atoms with van der Waals surface area (Å²) >= 11 is 2.29. The van der Waals surface area contributed by atoms with E-state index in [9.17, 15) is 4.39 Å². The molecule has 2 N–H and O–H groups in total. The van der Waals surface area contributed by atoms with Crippen LogP contribution in [0.4, 0.5) is 10.2 Å². The van der Waals surface area contributed by atoms with Crippen LogP contribution in [0.25, 0.3) is 27.9 Å². The Balaban J connectivity index is 1.88. The molecule has 24 heavy (non-hydrogen) atoms. The molecule has 0 aliphatic heterocycles. The Morgan fingerprint density at radius 1 is 1.04 bits per heavy atom. The molecule has 0 aliphatic rings. The van der Waals surface area contributed by atoms with Crippen LogP contribution < -0.4 is 5.73 Å². The van der Waals surface area contributed by atoms with Crippen molar-refractivity contribution in [1.82, 2.24) is 14.4 Å². The van der Waals surface area contributed by atoms with Crippen molar-refractivity contribution in [2.75, 3.05) is 5.73 Å². The Morgan fingerprint density at radius 3 is 2.58 bits per heavy atom. The maximum atomic E-state index is 13.1. The van der Waals surface area contributed by atoms with Crippen LogP contribution in [0.2, 0.25) is 0 Å². The van der Waals surface area contributed by atoms with Crippen LogP contribution in [0.15, 0.2) is 61.1 Å². The van der Waals surface area contributed by atoms with E-state index in [-0.39, 0.29) is 5.82 Å². The third-order valence-corrected chi connectivity index (χ3v) is 4.96. The molecule has 1 aromatic carbocycles. The van der Waals surface area contributed by atoms with Crippen molar-refractivity contribution in [3.8, 4) is 22.4 Å². The molecule has 0 bridgehead atoms. The molecule has 118 valence electrons. The molecular formula is C18H12FIN4. The van der Waals surface area contributed by atoms with Crippen LogP contribution in [0.5, 0.6) is 0 Å². The highest BCUT2D eigenvalue weighted by molar-refractivity contribution is 14.1. The second-order valence-corrected chi connectivity index (χ2v) is 6.38. The number of nitrogen functional groups attached to an aromatic ring is 1. The van der Waals surface area contributed by atoms with E-state index in [2.05, 4.69) is 32.6 Å². The molecule has 3 heterocycles. The number of hydrogen-bond donors (Lipinski definition) is 1. The van der Waals surface area contributed by atoms with Crippen LogP contribution in [0, 0.1) is 9.52 Å². The van der Waals surface area contributed by atoms with Crippen LogP contribution >= 0.6 is 22.6 Å². The first-order valence-electron chi connectivity index (χ1n) is 7.27. The topological polar surface area (TPSA) is 56.2 Å². The van der Waals surface area contributed by atoms with Gasteiger partial charge in [0.25, 0.3) is 0 Å². The molecule has 0 spiro atoms. The van der Waals surface area contributed by atoms with Crippen LogP contribution in [0.1, 0.15) is 0 Å². The summed E-state index contributed by atoms with van der Waals surface area (Å²) in [5.41, 5.74) is 10.5. The zero-order chi connectivity index (χ0) is 16.7. The lowest BCUT2D eigenvalue weighted by Gasteiger charge is -2.04. The van der Waals surface area contributed by atoms with Gasteiger partial charge in [0.2, 0.25) is 0 Å². The van der Waals surface area contributed by atoms with Crippen molar-refractivity contribution >= 4 is 33.9 Å². The molecule has 0 saturated heterocycles. The highest BCUT2D eigenvalue weighted by Gasteiger charge is 2.13. The molecule has 4 rings (SSSR count).